The second-order valence-electron chi connectivity index (χ2n) is 4.52. The van der Waals surface area contributed by atoms with E-state index in [1.807, 2.05) is 0 Å². The zero-order chi connectivity index (χ0) is 12.9. The highest BCUT2D eigenvalue weighted by Gasteiger charge is 2.23. The number of aromatic nitrogens is 1. The van der Waals surface area contributed by atoms with Crippen LogP contribution in [0.2, 0.25) is 0 Å². The highest BCUT2D eigenvalue weighted by molar-refractivity contribution is 5.65. The summed E-state index contributed by atoms with van der Waals surface area (Å²) >= 11 is 0. The summed E-state index contributed by atoms with van der Waals surface area (Å²) in [5, 5.41) is 9.91. The van der Waals surface area contributed by atoms with Gasteiger partial charge in [0.2, 0.25) is 0 Å². The van der Waals surface area contributed by atoms with Crippen molar-refractivity contribution in [3.63, 3.8) is 0 Å². The molecule has 0 spiro atoms. The Kier molecular flexibility index (Phi) is 4.45. The first-order valence-electron chi connectivity index (χ1n) is 5.47. The largest absolute Gasteiger partial charge is 0.444 e. The lowest BCUT2D eigenvalue weighted by Gasteiger charge is -2.25. The quantitative estimate of drug-likeness (QED) is 0.818. The Hall–Kier alpha value is -1.62. The van der Waals surface area contributed by atoms with E-state index < -0.39 is 17.8 Å². The molecule has 3 N–H and O–H groups in total. The van der Waals surface area contributed by atoms with Gasteiger partial charge in [-0.3, -0.25) is 4.98 Å². The number of pyridine rings is 1. The molecule has 0 aliphatic heterocycles. The molecule has 1 heterocycles. The highest BCUT2D eigenvalue weighted by Crippen LogP contribution is 2.24. The maximum Gasteiger partial charge on any atom is 0.405 e. The van der Waals surface area contributed by atoms with E-state index >= 15 is 0 Å². The molecule has 94 valence electrons. The molecule has 0 saturated carbocycles. The van der Waals surface area contributed by atoms with Gasteiger partial charge in [-0.05, 0) is 38.3 Å². The summed E-state index contributed by atoms with van der Waals surface area (Å²) in [6.07, 6.45) is 2.85. The lowest BCUT2D eigenvalue weighted by Crippen LogP contribution is -2.31. The van der Waals surface area contributed by atoms with Crippen molar-refractivity contribution < 1.29 is 14.6 Å². The number of amides is 1. The monoisotopic (exact) mass is 238 g/mol. The molecule has 1 aromatic heterocycles. The van der Waals surface area contributed by atoms with Crippen LogP contribution >= 0.6 is 0 Å². The molecular weight excluding hydrogens is 220 g/mol. The summed E-state index contributed by atoms with van der Waals surface area (Å²) < 4.78 is 4.94. The molecule has 0 saturated heterocycles. The first-order chi connectivity index (χ1) is 7.91. The standard InChI is InChI=1S/C12H18N2O3/c1-12(2,17-11(13)16)6-5-10(15)9-4-3-7-14-8-9/h3-4,7-8,10,15H,5-6H2,1-2H3,(H2,13,16). The van der Waals surface area contributed by atoms with Crippen LogP contribution in [-0.4, -0.2) is 21.8 Å². The Bertz CT molecular complexity index is 365. The van der Waals surface area contributed by atoms with Crippen LogP contribution in [0.15, 0.2) is 24.5 Å². The molecule has 5 nitrogen and oxygen atoms in total. The maximum atomic E-state index is 10.7. The number of aliphatic hydroxyl groups excluding tert-OH is 1. The van der Waals surface area contributed by atoms with Crippen molar-refractivity contribution in [3.8, 4) is 0 Å². The number of primary amides is 1. The first kappa shape index (κ1) is 13.4. The molecule has 17 heavy (non-hydrogen) atoms. The van der Waals surface area contributed by atoms with Crippen LogP contribution in [-0.2, 0) is 4.74 Å². The molecule has 0 radical (unpaired) electrons. The molecule has 0 fully saturated rings. The molecule has 1 unspecified atom stereocenters. The number of carbonyl (C=O) groups excluding carboxylic acids is 1. The van der Waals surface area contributed by atoms with Crippen molar-refractivity contribution in [2.45, 2.75) is 38.4 Å². The highest BCUT2D eigenvalue weighted by atomic mass is 16.6. The topological polar surface area (TPSA) is 85.4 Å². The molecular formula is C12H18N2O3. The number of nitrogens with zero attached hydrogens (tertiary/aromatic N) is 1. The van der Waals surface area contributed by atoms with Crippen LogP contribution in [0.4, 0.5) is 4.79 Å². The molecule has 0 aliphatic carbocycles. The minimum Gasteiger partial charge on any atom is -0.444 e. The summed E-state index contributed by atoms with van der Waals surface area (Å²) in [5.41, 5.74) is 5.04. The van der Waals surface area contributed by atoms with E-state index in [0.29, 0.717) is 12.8 Å². The van der Waals surface area contributed by atoms with Gasteiger partial charge in [0.15, 0.2) is 0 Å². The SMILES string of the molecule is CC(C)(CCC(O)c1cccnc1)OC(N)=O. The lowest BCUT2D eigenvalue weighted by atomic mass is 9.97. The molecule has 0 aromatic carbocycles. The number of aliphatic hydroxyl groups is 1. The van der Waals surface area contributed by atoms with Gasteiger partial charge in [-0.15, -0.1) is 0 Å². The Morgan fingerprint density at radius 1 is 1.65 bits per heavy atom. The van der Waals surface area contributed by atoms with Gasteiger partial charge in [-0.25, -0.2) is 4.79 Å². The van der Waals surface area contributed by atoms with Crippen LogP contribution in [0.1, 0.15) is 38.4 Å². The van der Waals surface area contributed by atoms with Crippen LogP contribution in [0.25, 0.3) is 0 Å². The van der Waals surface area contributed by atoms with Crippen LogP contribution in [0.3, 0.4) is 0 Å². The number of rotatable bonds is 5. The van der Waals surface area contributed by atoms with Crippen LogP contribution in [0.5, 0.6) is 0 Å². The van der Waals surface area contributed by atoms with E-state index in [1.165, 1.54) is 0 Å². The van der Waals surface area contributed by atoms with E-state index in [4.69, 9.17) is 10.5 Å². The summed E-state index contributed by atoms with van der Waals surface area (Å²) in [7, 11) is 0. The maximum absolute atomic E-state index is 10.7. The smallest absolute Gasteiger partial charge is 0.405 e. The van der Waals surface area contributed by atoms with Crippen molar-refractivity contribution in [2.24, 2.45) is 5.73 Å². The van der Waals surface area contributed by atoms with Crippen molar-refractivity contribution >= 4 is 6.09 Å². The molecule has 1 rings (SSSR count). The average Bonchev–Trinajstić information content (AvgIpc) is 2.25. The fourth-order valence-corrected chi connectivity index (χ4v) is 1.55. The van der Waals surface area contributed by atoms with E-state index in [0.717, 1.165) is 5.56 Å². The van der Waals surface area contributed by atoms with Gasteiger partial charge < -0.3 is 15.6 Å². The van der Waals surface area contributed by atoms with E-state index in [2.05, 4.69) is 4.98 Å². The molecule has 1 amide bonds. The number of hydrogen-bond donors (Lipinski definition) is 2. The fraction of sp³-hybridized carbons (Fsp3) is 0.500. The van der Waals surface area contributed by atoms with Crippen LogP contribution < -0.4 is 5.73 Å². The van der Waals surface area contributed by atoms with E-state index in [9.17, 15) is 9.90 Å². The summed E-state index contributed by atoms with van der Waals surface area (Å²) in [4.78, 5) is 14.6. The van der Waals surface area contributed by atoms with Crippen molar-refractivity contribution in [2.75, 3.05) is 0 Å². The molecule has 0 aliphatic rings. The van der Waals surface area contributed by atoms with Gasteiger partial charge in [0.05, 0.1) is 6.10 Å². The summed E-state index contributed by atoms with van der Waals surface area (Å²) in [6, 6.07) is 3.57. The summed E-state index contributed by atoms with van der Waals surface area (Å²) in [6.45, 7) is 3.52. The van der Waals surface area contributed by atoms with Gasteiger partial charge in [0.25, 0.3) is 0 Å². The second-order valence-corrected chi connectivity index (χ2v) is 4.52. The number of ether oxygens (including phenoxy) is 1. The van der Waals surface area contributed by atoms with Gasteiger partial charge in [-0.2, -0.15) is 0 Å². The minimum atomic E-state index is -0.800. The third kappa shape index (κ3) is 4.82. The Balaban J connectivity index is 2.48. The van der Waals surface area contributed by atoms with Gasteiger partial charge >= 0.3 is 6.09 Å². The minimum absolute atomic E-state index is 0.478. The van der Waals surface area contributed by atoms with Crippen molar-refractivity contribution in [3.05, 3.63) is 30.1 Å². The van der Waals surface area contributed by atoms with Crippen molar-refractivity contribution in [1.82, 2.24) is 4.98 Å². The Morgan fingerprint density at radius 2 is 2.35 bits per heavy atom. The zero-order valence-electron chi connectivity index (χ0n) is 10.1. The predicted octanol–water partition coefficient (Wildman–Crippen LogP) is 1.77. The second kappa shape index (κ2) is 5.63. The van der Waals surface area contributed by atoms with Crippen LogP contribution in [0, 0.1) is 0 Å². The van der Waals surface area contributed by atoms with E-state index in [1.54, 1.807) is 38.4 Å². The van der Waals surface area contributed by atoms with Gasteiger partial charge in [0, 0.05) is 12.4 Å². The van der Waals surface area contributed by atoms with E-state index in [-0.39, 0.29) is 0 Å². The number of nitrogens with two attached hydrogens (primary N) is 1. The fourth-order valence-electron chi connectivity index (χ4n) is 1.55. The first-order valence-corrected chi connectivity index (χ1v) is 5.47. The summed E-state index contributed by atoms with van der Waals surface area (Å²) in [5.74, 6) is 0. The number of hydrogen-bond acceptors (Lipinski definition) is 4. The molecule has 1 atom stereocenters. The zero-order valence-corrected chi connectivity index (χ0v) is 10.1. The van der Waals surface area contributed by atoms with Gasteiger partial charge in [0.1, 0.15) is 5.60 Å². The third-order valence-electron chi connectivity index (χ3n) is 2.47. The average molecular weight is 238 g/mol. The molecule has 5 heteroatoms. The Labute approximate surface area is 101 Å². The van der Waals surface area contributed by atoms with Gasteiger partial charge in [-0.1, -0.05) is 6.07 Å². The number of carbonyl (C=O) groups is 1. The molecule has 1 aromatic rings. The van der Waals surface area contributed by atoms with Crippen molar-refractivity contribution in [1.29, 1.82) is 0 Å². The normalized spacial score (nSPS) is 13.1. The Morgan fingerprint density at radius 3 is 2.88 bits per heavy atom. The lowest BCUT2D eigenvalue weighted by molar-refractivity contribution is 0.0255. The third-order valence-corrected chi connectivity index (χ3v) is 2.47. The predicted molar refractivity (Wildman–Crippen MR) is 63.2 cm³/mol. The molecule has 0 bridgehead atoms.